The second kappa shape index (κ2) is 7.09. The van der Waals surface area contributed by atoms with Crippen molar-refractivity contribution in [2.45, 2.75) is 66.2 Å². The van der Waals surface area contributed by atoms with Crippen molar-refractivity contribution in [1.29, 1.82) is 0 Å². The minimum Gasteiger partial charge on any atom is -0.261 e. The lowest BCUT2D eigenvalue weighted by Gasteiger charge is -2.18. The van der Waals surface area contributed by atoms with E-state index in [0.29, 0.717) is 0 Å². The van der Waals surface area contributed by atoms with Crippen LogP contribution in [-0.2, 0) is 10.8 Å². The lowest BCUT2D eigenvalue weighted by Crippen LogP contribution is -2.11. The minimum absolute atomic E-state index is 0.223. The molecular formula is C21H31N. The molecule has 0 unspecified atom stereocenters. The van der Waals surface area contributed by atoms with E-state index in [1.54, 1.807) is 0 Å². The number of nitrogens with zero attached hydrogens (tertiary/aromatic N) is 1. The Morgan fingerprint density at radius 1 is 0.636 bits per heavy atom. The standard InChI is InChI=1S/C11H16.C10H15N/c1-9-5-7-10(8-6-9)11(2,3)4;1-8-5-6-9(7-11-8)10(2,3)4/h5-8H,1-4H3;5-7H,1-4H3. The summed E-state index contributed by atoms with van der Waals surface area (Å²) in [6, 6.07) is 12.9. The van der Waals surface area contributed by atoms with Crippen molar-refractivity contribution in [1.82, 2.24) is 4.98 Å². The largest absolute Gasteiger partial charge is 0.261 e. The van der Waals surface area contributed by atoms with Gasteiger partial charge in [0, 0.05) is 11.9 Å². The van der Waals surface area contributed by atoms with Gasteiger partial charge >= 0.3 is 0 Å². The molecule has 0 atom stereocenters. The fourth-order valence-corrected chi connectivity index (χ4v) is 1.97. The van der Waals surface area contributed by atoms with Crippen molar-refractivity contribution in [3.05, 3.63) is 65.0 Å². The van der Waals surface area contributed by atoms with Gasteiger partial charge in [0.15, 0.2) is 0 Å². The lowest BCUT2D eigenvalue weighted by molar-refractivity contribution is 0.587. The van der Waals surface area contributed by atoms with Crippen LogP contribution in [0, 0.1) is 13.8 Å². The van der Waals surface area contributed by atoms with E-state index in [0.717, 1.165) is 5.69 Å². The highest BCUT2D eigenvalue weighted by Crippen LogP contribution is 2.22. The van der Waals surface area contributed by atoms with Gasteiger partial charge in [-0.3, -0.25) is 4.98 Å². The number of benzene rings is 1. The summed E-state index contributed by atoms with van der Waals surface area (Å²) in [5.41, 5.74) is 5.62. The lowest BCUT2D eigenvalue weighted by atomic mass is 9.87. The molecule has 0 spiro atoms. The van der Waals surface area contributed by atoms with Gasteiger partial charge in [0.1, 0.15) is 0 Å². The normalized spacial score (nSPS) is 11.6. The molecule has 2 rings (SSSR count). The summed E-state index contributed by atoms with van der Waals surface area (Å²) >= 11 is 0. The van der Waals surface area contributed by atoms with Crippen molar-refractivity contribution >= 4 is 0 Å². The van der Waals surface area contributed by atoms with Gasteiger partial charge in [0.05, 0.1) is 0 Å². The summed E-state index contributed by atoms with van der Waals surface area (Å²) in [5.74, 6) is 0. The number of aryl methyl sites for hydroxylation is 2. The molecule has 1 aromatic heterocycles. The van der Waals surface area contributed by atoms with Crippen LogP contribution in [0.15, 0.2) is 42.6 Å². The Hall–Kier alpha value is -1.63. The minimum atomic E-state index is 0.223. The third-order valence-electron chi connectivity index (χ3n) is 3.69. The van der Waals surface area contributed by atoms with Crippen molar-refractivity contribution in [3.8, 4) is 0 Å². The second-order valence-electron chi connectivity index (χ2n) is 8.05. The van der Waals surface area contributed by atoms with Gasteiger partial charge in [-0.05, 0) is 41.9 Å². The van der Waals surface area contributed by atoms with Crippen LogP contribution in [0.4, 0.5) is 0 Å². The third kappa shape index (κ3) is 6.01. The van der Waals surface area contributed by atoms with Gasteiger partial charge in [-0.25, -0.2) is 0 Å². The summed E-state index contributed by atoms with van der Waals surface area (Å²) in [6.45, 7) is 17.4. The van der Waals surface area contributed by atoms with E-state index in [2.05, 4.69) is 89.8 Å². The Morgan fingerprint density at radius 3 is 1.45 bits per heavy atom. The van der Waals surface area contributed by atoms with E-state index in [9.17, 15) is 0 Å². The monoisotopic (exact) mass is 297 g/mol. The van der Waals surface area contributed by atoms with Crippen molar-refractivity contribution in [2.75, 3.05) is 0 Å². The molecule has 1 aromatic carbocycles. The second-order valence-corrected chi connectivity index (χ2v) is 8.05. The molecule has 1 heteroatoms. The fourth-order valence-electron chi connectivity index (χ4n) is 1.97. The average Bonchev–Trinajstić information content (AvgIpc) is 2.38. The van der Waals surface area contributed by atoms with Crippen LogP contribution in [0.2, 0.25) is 0 Å². The first-order valence-corrected chi connectivity index (χ1v) is 8.00. The average molecular weight is 297 g/mol. The molecule has 2 aromatic rings. The fraction of sp³-hybridized carbons (Fsp3) is 0.476. The summed E-state index contributed by atoms with van der Waals surface area (Å²) in [6.07, 6.45) is 1.95. The molecular weight excluding hydrogens is 266 g/mol. The molecule has 1 heterocycles. The van der Waals surface area contributed by atoms with Gasteiger partial charge in [-0.1, -0.05) is 77.4 Å². The van der Waals surface area contributed by atoms with E-state index in [4.69, 9.17) is 0 Å². The molecule has 0 fully saturated rings. The Labute approximate surface area is 136 Å². The Balaban J connectivity index is 0.000000220. The van der Waals surface area contributed by atoms with Gasteiger partial charge in [-0.2, -0.15) is 0 Å². The van der Waals surface area contributed by atoms with E-state index in [-0.39, 0.29) is 10.8 Å². The number of pyridine rings is 1. The maximum atomic E-state index is 4.25. The molecule has 22 heavy (non-hydrogen) atoms. The number of rotatable bonds is 0. The van der Waals surface area contributed by atoms with Crippen LogP contribution in [0.5, 0.6) is 0 Å². The van der Waals surface area contributed by atoms with E-state index in [1.165, 1.54) is 16.7 Å². The van der Waals surface area contributed by atoms with Crippen LogP contribution in [-0.4, -0.2) is 4.98 Å². The summed E-state index contributed by atoms with van der Waals surface area (Å²) in [5, 5.41) is 0. The topological polar surface area (TPSA) is 12.9 Å². The van der Waals surface area contributed by atoms with E-state index in [1.807, 2.05) is 13.1 Å². The van der Waals surface area contributed by atoms with Crippen LogP contribution >= 0.6 is 0 Å². The quantitative estimate of drug-likeness (QED) is 0.583. The number of hydrogen-bond acceptors (Lipinski definition) is 1. The van der Waals surface area contributed by atoms with Crippen molar-refractivity contribution in [3.63, 3.8) is 0 Å². The van der Waals surface area contributed by atoms with Crippen LogP contribution in [0.25, 0.3) is 0 Å². The maximum absolute atomic E-state index is 4.25. The zero-order chi connectivity index (χ0) is 17.0. The van der Waals surface area contributed by atoms with Gasteiger partial charge < -0.3 is 0 Å². The molecule has 0 N–H and O–H groups in total. The van der Waals surface area contributed by atoms with Crippen LogP contribution < -0.4 is 0 Å². The third-order valence-corrected chi connectivity index (χ3v) is 3.69. The highest BCUT2D eigenvalue weighted by atomic mass is 14.7. The number of hydrogen-bond donors (Lipinski definition) is 0. The first kappa shape index (κ1) is 18.4. The maximum Gasteiger partial charge on any atom is 0.0372 e. The summed E-state index contributed by atoms with van der Waals surface area (Å²) in [4.78, 5) is 4.25. The highest BCUT2D eigenvalue weighted by molar-refractivity contribution is 5.26. The SMILES string of the molecule is Cc1ccc(C(C)(C)C)cc1.Cc1ccc(C(C)(C)C)cn1. The van der Waals surface area contributed by atoms with E-state index < -0.39 is 0 Å². The molecule has 0 aliphatic rings. The number of aromatic nitrogens is 1. The molecule has 0 amide bonds. The zero-order valence-electron chi connectivity index (χ0n) is 15.5. The Kier molecular flexibility index (Phi) is 5.93. The first-order chi connectivity index (χ1) is 10.00. The highest BCUT2D eigenvalue weighted by Gasteiger charge is 2.13. The predicted molar refractivity (Wildman–Crippen MR) is 97.6 cm³/mol. The van der Waals surface area contributed by atoms with Crippen LogP contribution in [0.1, 0.15) is 63.9 Å². The van der Waals surface area contributed by atoms with Gasteiger partial charge in [0.25, 0.3) is 0 Å². The molecule has 0 saturated carbocycles. The van der Waals surface area contributed by atoms with Gasteiger partial charge in [-0.15, -0.1) is 0 Å². The Morgan fingerprint density at radius 2 is 1.09 bits per heavy atom. The molecule has 0 bridgehead atoms. The molecule has 0 radical (unpaired) electrons. The first-order valence-electron chi connectivity index (χ1n) is 8.00. The summed E-state index contributed by atoms with van der Waals surface area (Å²) in [7, 11) is 0. The predicted octanol–water partition coefficient (Wildman–Crippen LogP) is 5.98. The molecule has 0 aliphatic carbocycles. The van der Waals surface area contributed by atoms with Crippen molar-refractivity contribution < 1.29 is 0 Å². The molecule has 1 nitrogen and oxygen atoms in total. The van der Waals surface area contributed by atoms with Crippen molar-refractivity contribution in [2.24, 2.45) is 0 Å². The molecule has 120 valence electrons. The van der Waals surface area contributed by atoms with Gasteiger partial charge in [0.2, 0.25) is 0 Å². The molecule has 0 saturated heterocycles. The Bertz CT molecular complexity index is 508. The van der Waals surface area contributed by atoms with E-state index >= 15 is 0 Å². The zero-order valence-corrected chi connectivity index (χ0v) is 15.5. The van der Waals surface area contributed by atoms with Crippen LogP contribution in [0.3, 0.4) is 0 Å². The smallest absolute Gasteiger partial charge is 0.0372 e. The summed E-state index contributed by atoms with van der Waals surface area (Å²) < 4.78 is 0. The molecule has 0 aliphatic heterocycles.